The van der Waals surface area contributed by atoms with Gasteiger partial charge in [0.05, 0.1) is 16.4 Å². The molecule has 1 heterocycles. The van der Waals surface area contributed by atoms with Crippen molar-refractivity contribution in [1.82, 2.24) is 9.55 Å². The van der Waals surface area contributed by atoms with Gasteiger partial charge in [0.1, 0.15) is 5.82 Å². The second-order valence-electron chi connectivity index (χ2n) is 5.54. The van der Waals surface area contributed by atoms with E-state index in [9.17, 15) is 9.90 Å². The number of carboxylic acids is 1. The molecule has 0 fully saturated rings. The fraction of sp³-hybridized carbons (Fsp3) is 0.429. The van der Waals surface area contributed by atoms with Crippen LogP contribution in [0, 0.1) is 12.3 Å². The van der Waals surface area contributed by atoms with Gasteiger partial charge in [-0.1, -0.05) is 11.6 Å². The first kappa shape index (κ1) is 13.9. The fourth-order valence-corrected chi connectivity index (χ4v) is 2.48. The lowest BCUT2D eigenvalue weighted by molar-refractivity contribution is -0.146. The van der Waals surface area contributed by atoms with Crippen LogP contribution < -0.4 is 0 Å². The van der Waals surface area contributed by atoms with Crippen molar-refractivity contribution in [2.75, 3.05) is 0 Å². The minimum atomic E-state index is -0.840. The van der Waals surface area contributed by atoms with Crippen LogP contribution in [-0.2, 0) is 18.3 Å². The summed E-state index contributed by atoms with van der Waals surface area (Å²) in [5, 5.41) is 9.85. The van der Waals surface area contributed by atoms with Crippen molar-refractivity contribution in [2.45, 2.75) is 27.2 Å². The predicted molar refractivity (Wildman–Crippen MR) is 75.6 cm³/mol. The van der Waals surface area contributed by atoms with Crippen molar-refractivity contribution in [3.8, 4) is 0 Å². The second-order valence-corrected chi connectivity index (χ2v) is 5.98. The van der Waals surface area contributed by atoms with Gasteiger partial charge in [0, 0.05) is 18.5 Å². The number of carboxylic acid groups (broad SMARTS) is 1. The average molecular weight is 281 g/mol. The SMILES string of the molecule is Cc1cc(Cl)cc2nc(CC(C)(C)C(=O)O)n(C)c12. The van der Waals surface area contributed by atoms with E-state index in [1.165, 1.54) is 0 Å². The van der Waals surface area contributed by atoms with Gasteiger partial charge < -0.3 is 9.67 Å². The van der Waals surface area contributed by atoms with Crippen LogP contribution in [0.15, 0.2) is 12.1 Å². The topological polar surface area (TPSA) is 55.1 Å². The zero-order valence-corrected chi connectivity index (χ0v) is 12.2. The Morgan fingerprint density at radius 1 is 1.47 bits per heavy atom. The average Bonchev–Trinajstić information content (AvgIpc) is 2.54. The van der Waals surface area contributed by atoms with Crippen LogP contribution in [0.2, 0.25) is 5.02 Å². The fourth-order valence-electron chi connectivity index (χ4n) is 2.21. The largest absolute Gasteiger partial charge is 0.481 e. The number of aliphatic carboxylic acids is 1. The number of nitrogens with zero attached hydrogens (tertiary/aromatic N) is 2. The molecular formula is C14H17ClN2O2. The number of aromatic nitrogens is 2. The number of fused-ring (bicyclic) bond motifs is 1. The van der Waals surface area contributed by atoms with Crippen LogP contribution in [0.1, 0.15) is 25.2 Å². The lowest BCUT2D eigenvalue weighted by Gasteiger charge is -2.18. The third-order valence-corrected chi connectivity index (χ3v) is 3.61. The molecule has 1 aromatic heterocycles. The molecule has 0 spiro atoms. The van der Waals surface area contributed by atoms with Gasteiger partial charge in [0.2, 0.25) is 0 Å². The lowest BCUT2D eigenvalue weighted by Crippen LogP contribution is -2.27. The van der Waals surface area contributed by atoms with Crippen LogP contribution in [0.4, 0.5) is 0 Å². The van der Waals surface area contributed by atoms with E-state index in [-0.39, 0.29) is 0 Å². The quantitative estimate of drug-likeness (QED) is 0.939. The molecule has 102 valence electrons. The molecule has 0 bridgehead atoms. The summed E-state index contributed by atoms with van der Waals surface area (Å²) in [5.41, 5.74) is 2.01. The number of halogens is 1. The summed E-state index contributed by atoms with van der Waals surface area (Å²) in [7, 11) is 1.91. The minimum absolute atomic E-state index is 0.380. The van der Waals surface area contributed by atoms with Gasteiger partial charge in [-0.05, 0) is 38.5 Å². The first-order chi connectivity index (χ1) is 8.72. The van der Waals surface area contributed by atoms with Crippen molar-refractivity contribution in [3.05, 3.63) is 28.5 Å². The molecule has 1 N–H and O–H groups in total. The molecule has 2 rings (SSSR count). The molecule has 4 nitrogen and oxygen atoms in total. The highest BCUT2D eigenvalue weighted by Crippen LogP contribution is 2.27. The van der Waals surface area contributed by atoms with Crippen LogP contribution in [0.5, 0.6) is 0 Å². The van der Waals surface area contributed by atoms with Gasteiger partial charge in [0.15, 0.2) is 0 Å². The van der Waals surface area contributed by atoms with E-state index in [4.69, 9.17) is 11.6 Å². The first-order valence-electron chi connectivity index (χ1n) is 6.07. The van der Waals surface area contributed by atoms with Crippen LogP contribution >= 0.6 is 11.6 Å². The highest BCUT2D eigenvalue weighted by Gasteiger charge is 2.29. The maximum atomic E-state index is 11.2. The van der Waals surface area contributed by atoms with Crippen molar-refractivity contribution < 1.29 is 9.90 Å². The number of aryl methyl sites for hydroxylation is 2. The molecule has 0 saturated carbocycles. The summed E-state index contributed by atoms with van der Waals surface area (Å²) in [6.07, 6.45) is 0.380. The first-order valence-corrected chi connectivity index (χ1v) is 6.45. The number of hydrogen-bond donors (Lipinski definition) is 1. The summed E-state index contributed by atoms with van der Waals surface area (Å²) in [5.74, 6) is -0.0675. The molecule has 1 aromatic carbocycles. The van der Waals surface area contributed by atoms with Crippen LogP contribution in [-0.4, -0.2) is 20.6 Å². The van der Waals surface area contributed by atoms with E-state index < -0.39 is 11.4 Å². The number of carbonyl (C=O) groups is 1. The smallest absolute Gasteiger partial charge is 0.309 e. The number of rotatable bonds is 3. The maximum Gasteiger partial charge on any atom is 0.309 e. The van der Waals surface area contributed by atoms with Crippen molar-refractivity contribution in [2.24, 2.45) is 12.5 Å². The predicted octanol–water partition coefficient (Wildman–Crippen LogP) is 3.19. The van der Waals surface area contributed by atoms with Crippen molar-refractivity contribution in [3.63, 3.8) is 0 Å². The Hall–Kier alpha value is -1.55. The van der Waals surface area contributed by atoms with E-state index in [1.54, 1.807) is 19.9 Å². The van der Waals surface area contributed by atoms with E-state index in [0.29, 0.717) is 11.4 Å². The lowest BCUT2D eigenvalue weighted by atomic mass is 9.89. The molecule has 0 aliphatic rings. The molecule has 0 amide bonds. The molecule has 0 unspecified atom stereocenters. The Kier molecular flexibility index (Phi) is 3.31. The molecule has 0 aliphatic carbocycles. The number of benzene rings is 1. The van der Waals surface area contributed by atoms with Gasteiger partial charge in [-0.3, -0.25) is 4.79 Å². The summed E-state index contributed by atoms with van der Waals surface area (Å²) in [4.78, 5) is 15.7. The Bertz CT molecular complexity index is 659. The standard InChI is InChI=1S/C14H17ClN2O2/c1-8-5-9(15)6-10-12(8)17(4)11(16-10)7-14(2,3)13(18)19/h5-6H,7H2,1-4H3,(H,18,19). The maximum absolute atomic E-state index is 11.2. The van der Waals surface area contributed by atoms with Gasteiger partial charge in [-0.25, -0.2) is 4.98 Å². The van der Waals surface area contributed by atoms with Gasteiger partial charge >= 0.3 is 5.97 Å². The molecule has 0 saturated heterocycles. The van der Waals surface area contributed by atoms with Crippen molar-refractivity contribution in [1.29, 1.82) is 0 Å². The molecule has 0 aliphatic heterocycles. The molecular weight excluding hydrogens is 264 g/mol. The zero-order chi connectivity index (χ0) is 14.4. The van der Waals surface area contributed by atoms with Gasteiger partial charge in [-0.15, -0.1) is 0 Å². The van der Waals surface area contributed by atoms with E-state index in [2.05, 4.69) is 4.98 Å². The molecule has 19 heavy (non-hydrogen) atoms. The summed E-state index contributed by atoms with van der Waals surface area (Å²) in [6, 6.07) is 3.69. The summed E-state index contributed by atoms with van der Waals surface area (Å²) < 4.78 is 1.95. The normalized spacial score (nSPS) is 12.1. The monoisotopic (exact) mass is 280 g/mol. The van der Waals surface area contributed by atoms with E-state index in [1.807, 2.05) is 24.6 Å². The third-order valence-electron chi connectivity index (χ3n) is 3.40. The summed E-state index contributed by atoms with van der Waals surface area (Å²) >= 11 is 6.03. The second kappa shape index (κ2) is 4.53. The number of hydrogen-bond acceptors (Lipinski definition) is 2. The van der Waals surface area contributed by atoms with Crippen LogP contribution in [0.25, 0.3) is 11.0 Å². The number of imidazole rings is 1. The molecule has 0 atom stereocenters. The third kappa shape index (κ3) is 2.45. The molecule has 5 heteroatoms. The Morgan fingerprint density at radius 2 is 2.11 bits per heavy atom. The Morgan fingerprint density at radius 3 is 2.68 bits per heavy atom. The van der Waals surface area contributed by atoms with E-state index in [0.717, 1.165) is 22.4 Å². The van der Waals surface area contributed by atoms with E-state index >= 15 is 0 Å². The van der Waals surface area contributed by atoms with Gasteiger partial charge in [0.25, 0.3) is 0 Å². The zero-order valence-electron chi connectivity index (χ0n) is 11.5. The van der Waals surface area contributed by atoms with Gasteiger partial charge in [-0.2, -0.15) is 0 Å². The molecule has 2 aromatic rings. The van der Waals surface area contributed by atoms with Crippen molar-refractivity contribution >= 4 is 28.6 Å². The Balaban J connectivity index is 2.55. The summed E-state index contributed by atoms with van der Waals surface area (Å²) in [6.45, 7) is 5.38. The van der Waals surface area contributed by atoms with Crippen LogP contribution in [0.3, 0.4) is 0 Å². The minimum Gasteiger partial charge on any atom is -0.481 e. The highest BCUT2D eigenvalue weighted by atomic mass is 35.5. The highest BCUT2D eigenvalue weighted by molar-refractivity contribution is 6.31. The molecule has 0 radical (unpaired) electrons. The Labute approximate surface area is 117 Å².